The fraction of sp³-hybridized carbons (Fsp3) is 0.0952. The molecule has 0 saturated heterocycles. The number of carbonyl (C=O) groups is 1. The standard InChI is InChI=1S/C21H18N4O/c26-21(17-6-2-1-3-7-17)23-14-15-25-19-9-5-4-8-18(19)24-20(25)16-10-12-22-13-11-16/h1-13H,14-15H2,(H,23,26). The van der Waals surface area contributed by atoms with Crippen molar-refractivity contribution in [3.05, 3.63) is 84.7 Å². The van der Waals surface area contributed by atoms with Crippen LogP contribution in [0.1, 0.15) is 10.4 Å². The summed E-state index contributed by atoms with van der Waals surface area (Å²) in [5, 5.41) is 2.98. The number of aromatic nitrogens is 3. The van der Waals surface area contributed by atoms with Crippen molar-refractivity contribution in [1.29, 1.82) is 0 Å². The average Bonchev–Trinajstić information content (AvgIpc) is 3.08. The molecule has 128 valence electrons. The van der Waals surface area contributed by atoms with Crippen molar-refractivity contribution in [2.24, 2.45) is 0 Å². The van der Waals surface area contributed by atoms with Crippen LogP contribution >= 0.6 is 0 Å². The first-order valence-electron chi connectivity index (χ1n) is 8.52. The molecule has 1 amide bonds. The molecule has 5 nitrogen and oxygen atoms in total. The zero-order valence-electron chi connectivity index (χ0n) is 14.2. The van der Waals surface area contributed by atoms with Gasteiger partial charge in [-0.15, -0.1) is 0 Å². The Balaban J connectivity index is 1.58. The third-order valence-electron chi connectivity index (χ3n) is 4.25. The third kappa shape index (κ3) is 3.19. The molecule has 0 unspecified atom stereocenters. The van der Waals surface area contributed by atoms with E-state index in [2.05, 4.69) is 14.9 Å². The van der Waals surface area contributed by atoms with E-state index in [0.29, 0.717) is 18.7 Å². The highest BCUT2D eigenvalue weighted by Crippen LogP contribution is 2.24. The van der Waals surface area contributed by atoms with E-state index in [1.54, 1.807) is 12.4 Å². The summed E-state index contributed by atoms with van der Waals surface area (Å²) in [4.78, 5) is 21.1. The van der Waals surface area contributed by atoms with E-state index in [4.69, 9.17) is 4.98 Å². The highest BCUT2D eigenvalue weighted by Gasteiger charge is 2.12. The molecule has 2 aromatic carbocycles. The summed E-state index contributed by atoms with van der Waals surface area (Å²) < 4.78 is 2.13. The van der Waals surface area contributed by atoms with E-state index in [0.717, 1.165) is 22.4 Å². The molecule has 0 aliphatic heterocycles. The Labute approximate surface area is 151 Å². The van der Waals surface area contributed by atoms with E-state index < -0.39 is 0 Å². The molecule has 0 aliphatic carbocycles. The first kappa shape index (κ1) is 16.0. The molecule has 0 fully saturated rings. The number of imidazole rings is 1. The SMILES string of the molecule is O=C(NCCn1c(-c2ccncc2)nc2ccccc21)c1ccccc1. The van der Waals surface area contributed by atoms with Gasteiger partial charge in [0.1, 0.15) is 5.82 Å². The maximum absolute atomic E-state index is 12.2. The number of fused-ring (bicyclic) bond motifs is 1. The van der Waals surface area contributed by atoms with Gasteiger partial charge in [0.15, 0.2) is 0 Å². The number of benzene rings is 2. The predicted molar refractivity (Wildman–Crippen MR) is 102 cm³/mol. The van der Waals surface area contributed by atoms with Crippen LogP contribution in [0.25, 0.3) is 22.4 Å². The summed E-state index contributed by atoms with van der Waals surface area (Å²) in [5.41, 5.74) is 3.66. The van der Waals surface area contributed by atoms with Gasteiger partial charge in [0, 0.05) is 36.6 Å². The van der Waals surface area contributed by atoms with Gasteiger partial charge in [0.05, 0.1) is 11.0 Å². The summed E-state index contributed by atoms with van der Waals surface area (Å²) in [6.07, 6.45) is 3.52. The number of rotatable bonds is 5. The number of para-hydroxylation sites is 2. The van der Waals surface area contributed by atoms with Gasteiger partial charge >= 0.3 is 0 Å². The number of pyridine rings is 1. The minimum absolute atomic E-state index is 0.0690. The summed E-state index contributed by atoms with van der Waals surface area (Å²) in [6, 6.07) is 21.2. The molecule has 2 heterocycles. The van der Waals surface area contributed by atoms with Gasteiger partial charge < -0.3 is 9.88 Å². The van der Waals surface area contributed by atoms with Crippen molar-refractivity contribution in [2.75, 3.05) is 6.54 Å². The molecule has 0 atom stereocenters. The van der Waals surface area contributed by atoms with Gasteiger partial charge in [-0.25, -0.2) is 4.98 Å². The van der Waals surface area contributed by atoms with Crippen LogP contribution in [0.2, 0.25) is 0 Å². The van der Waals surface area contributed by atoms with Crippen LogP contribution < -0.4 is 5.32 Å². The molecule has 0 bridgehead atoms. The van der Waals surface area contributed by atoms with Crippen molar-refractivity contribution >= 4 is 16.9 Å². The molecule has 1 N–H and O–H groups in total. The molecule has 0 radical (unpaired) electrons. The van der Waals surface area contributed by atoms with Crippen LogP contribution in [0, 0.1) is 0 Å². The van der Waals surface area contributed by atoms with Crippen LogP contribution in [0.4, 0.5) is 0 Å². The topological polar surface area (TPSA) is 59.8 Å². The second kappa shape index (κ2) is 7.19. The monoisotopic (exact) mass is 342 g/mol. The summed E-state index contributed by atoms with van der Waals surface area (Å²) >= 11 is 0. The maximum atomic E-state index is 12.2. The Morgan fingerprint density at radius 3 is 2.46 bits per heavy atom. The Morgan fingerprint density at radius 2 is 1.65 bits per heavy atom. The second-order valence-corrected chi connectivity index (χ2v) is 5.93. The van der Waals surface area contributed by atoms with Gasteiger partial charge in [-0.2, -0.15) is 0 Å². The van der Waals surface area contributed by atoms with E-state index in [9.17, 15) is 4.79 Å². The van der Waals surface area contributed by atoms with Crippen molar-refractivity contribution in [2.45, 2.75) is 6.54 Å². The normalized spacial score (nSPS) is 10.8. The Hall–Kier alpha value is -3.47. The number of hydrogen-bond donors (Lipinski definition) is 1. The van der Waals surface area contributed by atoms with Crippen LogP contribution in [0.15, 0.2) is 79.1 Å². The molecular formula is C21H18N4O. The predicted octanol–water partition coefficient (Wildman–Crippen LogP) is 3.53. The van der Waals surface area contributed by atoms with Gasteiger partial charge in [-0.3, -0.25) is 9.78 Å². The highest BCUT2D eigenvalue weighted by molar-refractivity contribution is 5.94. The molecular weight excluding hydrogens is 324 g/mol. The number of nitrogens with zero attached hydrogens (tertiary/aromatic N) is 3. The van der Waals surface area contributed by atoms with Gasteiger partial charge in [-0.1, -0.05) is 30.3 Å². The maximum Gasteiger partial charge on any atom is 0.251 e. The quantitative estimate of drug-likeness (QED) is 0.603. The minimum Gasteiger partial charge on any atom is -0.350 e. The molecule has 0 aliphatic rings. The fourth-order valence-electron chi connectivity index (χ4n) is 3.00. The number of hydrogen-bond acceptors (Lipinski definition) is 3. The van der Waals surface area contributed by atoms with Crippen molar-refractivity contribution in [3.8, 4) is 11.4 Å². The summed E-state index contributed by atoms with van der Waals surface area (Å²) in [7, 11) is 0. The molecule has 4 aromatic rings. The molecule has 5 heteroatoms. The van der Waals surface area contributed by atoms with E-state index in [1.165, 1.54) is 0 Å². The number of amides is 1. The Kier molecular flexibility index (Phi) is 4.43. The fourth-order valence-corrected chi connectivity index (χ4v) is 3.00. The third-order valence-corrected chi connectivity index (χ3v) is 4.25. The van der Waals surface area contributed by atoms with E-state index in [-0.39, 0.29) is 5.91 Å². The molecule has 26 heavy (non-hydrogen) atoms. The van der Waals surface area contributed by atoms with Crippen molar-refractivity contribution < 1.29 is 4.79 Å². The average molecular weight is 342 g/mol. The zero-order valence-corrected chi connectivity index (χ0v) is 14.2. The van der Waals surface area contributed by atoms with E-state index >= 15 is 0 Å². The lowest BCUT2D eigenvalue weighted by molar-refractivity contribution is 0.0952. The molecule has 0 saturated carbocycles. The number of carbonyl (C=O) groups excluding carboxylic acids is 1. The van der Waals surface area contributed by atoms with Gasteiger partial charge in [0.25, 0.3) is 5.91 Å². The Morgan fingerprint density at radius 1 is 0.923 bits per heavy atom. The number of nitrogens with one attached hydrogen (secondary N) is 1. The molecule has 2 aromatic heterocycles. The summed E-state index contributed by atoms with van der Waals surface area (Å²) in [6.45, 7) is 1.16. The van der Waals surface area contributed by atoms with E-state index in [1.807, 2.05) is 66.7 Å². The van der Waals surface area contributed by atoms with Gasteiger partial charge in [-0.05, 0) is 36.4 Å². The first-order chi connectivity index (χ1) is 12.8. The lowest BCUT2D eigenvalue weighted by Gasteiger charge is -2.10. The van der Waals surface area contributed by atoms with Crippen LogP contribution in [0.3, 0.4) is 0 Å². The first-order valence-corrected chi connectivity index (χ1v) is 8.52. The van der Waals surface area contributed by atoms with Crippen molar-refractivity contribution in [1.82, 2.24) is 19.9 Å². The Bertz CT molecular complexity index is 1030. The summed E-state index contributed by atoms with van der Waals surface area (Å²) in [5.74, 6) is 0.808. The molecule has 4 rings (SSSR count). The smallest absolute Gasteiger partial charge is 0.251 e. The van der Waals surface area contributed by atoms with Crippen LogP contribution in [-0.2, 0) is 6.54 Å². The minimum atomic E-state index is -0.0690. The van der Waals surface area contributed by atoms with Crippen LogP contribution in [-0.4, -0.2) is 27.0 Å². The zero-order chi connectivity index (χ0) is 17.8. The van der Waals surface area contributed by atoms with Crippen molar-refractivity contribution in [3.63, 3.8) is 0 Å². The van der Waals surface area contributed by atoms with Crippen LogP contribution in [0.5, 0.6) is 0 Å². The lowest BCUT2D eigenvalue weighted by Crippen LogP contribution is -2.27. The lowest BCUT2D eigenvalue weighted by atomic mass is 10.2. The molecule has 0 spiro atoms. The highest BCUT2D eigenvalue weighted by atomic mass is 16.1. The second-order valence-electron chi connectivity index (χ2n) is 5.93. The van der Waals surface area contributed by atoms with Gasteiger partial charge in [0.2, 0.25) is 0 Å². The largest absolute Gasteiger partial charge is 0.350 e.